The number of nitrogens with zero attached hydrogens (tertiary/aromatic N) is 3. The molecule has 1 saturated heterocycles. The van der Waals surface area contributed by atoms with E-state index < -0.39 is 18.3 Å². The molecule has 3 aromatic rings. The summed E-state index contributed by atoms with van der Waals surface area (Å²) in [5.74, 6) is 2.24. The molecule has 0 saturated carbocycles. The van der Waals surface area contributed by atoms with Gasteiger partial charge in [0.2, 0.25) is 0 Å². The van der Waals surface area contributed by atoms with Crippen LogP contribution in [0.1, 0.15) is 23.4 Å². The van der Waals surface area contributed by atoms with Gasteiger partial charge < -0.3 is 29.7 Å². The van der Waals surface area contributed by atoms with Gasteiger partial charge in [0.1, 0.15) is 36.2 Å². The molecule has 188 valence electrons. The lowest BCUT2D eigenvalue weighted by atomic mass is 10.0. The molecular formula is C25H32FN5O4. The number of aromatic nitrogens is 3. The zero-order chi connectivity index (χ0) is 24.9. The fourth-order valence-corrected chi connectivity index (χ4v) is 4.10. The molecule has 3 unspecified atom stereocenters. The first-order valence-corrected chi connectivity index (χ1v) is 11.7. The fourth-order valence-electron chi connectivity index (χ4n) is 4.10. The first kappa shape index (κ1) is 25.0. The van der Waals surface area contributed by atoms with Crippen molar-refractivity contribution < 1.29 is 23.5 Å². The highest BCUT2D eigenvalue weighted by molar-refractivity contribution is 5.74. The van der Waals surface area contributed by atoms with Crippen LogP contribution in [0.3, 0.4) is 0 Å². The number of ether oxygens (including phenoxy) is 2. The van der Waals surface area contributed by atoms with Crippen LogP contribution < -0.4 is 15.4 Å². The van der Waals surface area contributed by atoms with Crippen LogP contribution >= 0.6 is 0 Å². The summed E-state index contributed by atoms with van der Waals surface area (Å²) in [4.78, 5) is 9.63. The van der Waals surface area contributed by atoms with Crippen LogP contribution in [0.15, 0.2) is 28.8 Å². The first-order chi connectivity index (χ1) is 16.9. The summed E-state index contributed by atoms with van der Waals surface area (Å²) >= 11 is 0. The van der Waals surface area contributed by atoms with Gasteiger partial charge in [0.05, 0.1) is 29.6 Å². The number of alkyl halides is 1. The van der Waals surface area contributed by atoms with Crippen molar-refractivity contribution in [3.8, 4) is 28.4 Å². The zero-order valence-electron chi connectivity index (χ0n) is 20.5. The minimum Gasteiger partial charge on any atom is -0.491 e. The Bertz CT molecular complexity index is 1140. The molecule has 0 radical (unpaired) electrons. The molecule has 9 nitrogen and oxygen atoms in total. The summed E-state index contributed by atoms with van der Waals surface area (Å²) in [6.45, 7) is 6.74. The van der Waals surface area contributed by atoms with E-state index in [2.05, 4.69) is 15.8 Å². The van der Waals surface area contributed by atoms with Crippen molar-refractivity contribution >= 4 is 5.82 Å². The van der Waals surface area contributed by atoms with Gasteiger partial charge in [-0.2, -0.15) is 0 Å². The van der Waals surface area contributed by atoms with E-state index >= 15 is 0 Å². The summed E-state index contributed by atoms with van der Waals surface area (Å²) in [7, 11) is 1.77. The summed E-state index contributed by atoms with van der Waals surface area (Å²) in [5.41, 5.74) is 3.69. The minimum absolute atomic E-state index is 0.0597. The predicted molar refractivity (Wildman–Crippen MR) is 130 cm³/mol. The second-order valence-electron chi connectivity index (χ2n) is 8.75. The standard InChI is InChI=1S/C25H32FN5O4/c1-14-23(22-15(2)31-35-16(22)3)29-25(30-24(14)28-21-8-9-33-13-20(21)26)17-6-5-7-19(10-17)34-12-18(32)11-27-4/h5-7,10,18,20-21,27,32H,8-9,11-13H2,1-4H3,(H,28,29,30). The number of benzene rings is 1. The Morgan fingerprint density at radius 2 is 2.09 bits per heavy atom. The Kier molecular flexibility index (Phi) is 7.94. The van der Waals surface area contributed by atoms with Gasteiger partial charge in [-0.15, -0.1) is 0 Å². The Morgan fingerprint density at radius 3 is 2.80 bits per heavy atom. The molecule has 4 rings (SSSR count). The van der Waals surface area contributed by atoms with E-state index in [9.17, 15) is 9.50 Å². The molecule has 3 heterocycles. The fraction of sp³-hybridized carbons (Fsp3) is 0.480. The summed E-state index contributed by atoms with van der Waals surface area (Å²) in [6.07, 6.45) is -1.22. The van der Waals surface area contributed by atoms with Gasteiger partial charge in [-0.1, -0.05) is 17.3 Å². The number of halogens is 1. The number of aliphatic hydroxyl groups excluding tert-OH is 1. The van der Waals surface area contributed by atoms with Crippen LogP contribution in [-0.2, 0) is 4.74 Å². The van der Waals surface area contributed by atoms with E-state index in [0.29, 0.717) is 54.1 Å². The van der Waals surface area contributed by atoms with E-state index in [1.165, 1.54) is 0 Å². The molecule has 10 heteroatoms. The van der Waals surface area contributed by atoms with Gasteiger partial charge in [-0.3, -0.25) is 0 Å². The van der Waals surface area contributed by atoms with Gasteiger partial charge in [0, 0.05) is 24.3 Å². The van der Waals surface area contributed by atoms with Crippen LogP contribution in [0.5, 0.6) is 5.75 Å². The van der Waals surface area contributed by atoms with Crippen LogP contribution in [0.25, 0.3) is 22.6 Å². The van der Waals surface area contributed by atoms with E-state index in [-0.39, 0.29) is 13.2 Å². The first-order valence-electron chi connectivity index (χ1n) is 11.7. The second-order valence-corrected chi connectivity index (χ2v) is 8.75. The Labute approximate surface area is 204 Å². The van der Waals surface area contributed by atoms with Crippen molar-refractivity contribution in [1.82, 2.24) is 20.4 Å². The number of anilines is 1. The lowest BCUT2D eigenvalue weighted by molar-refractivity contribution is 0.0285. The quantitative estimate of drug-likeness (QED) is 0.420. The predicted octanol–water partition coefficient (Wildman–Crippen LogP) is 3.22. The van der Waals surface area contributed by atoms with Crippen LogP contribution in [0.2, 0.25) is 0 Å². The third kappa shape index (κ3) is 5.77. The summed E-state index contributed by atoms with van der Waals surface area (Å²) in [5, 5.41) is 20.2. The van der Waals surface area contributed by atoms with E-state index in [1.54, 1.807) is 7.05 Å². The zero-order valence-corrected chi connectivity index (χ0v) is 20.5. The molecule has 1 aliphatic heterocycles. The molecule has 0 spiro atoms. The smallest absolute Gasteiger partial charge is 0.162 e. The molecule has 3 atom stereocenters. The van der Waals surface area contributed by atoms with E-state index in [0.717, 1.165) is 16.7 Å². The van der Waals surface area contributed by atoms with Gasteiger partial charge in [-0.05, 0) is 46.4 Å². The molecule has 1 aliphatic rings. The van der Waals surface area contributed by atoms with Crippen LogP contribution in [0, 0.1) is 20.8 Å². The Hall–Kier alpha value is -3.08. The van der Waals surface area contributed by atoms with Crippen LogP contribution in [0.4, 0.5) is 10.2 Å². The molecule has 0 amide bonds. The minimum atomic E-state index is -1.13. The largest absolute Gasteiger partial charge is 0.491 e. The molecule has 2 aromatic heterocycles. The topological polar surface area (TPSA) is 115 Å². The lowest BCUT2D eigenvalue weighted by Gasteiger charge is -2.28. The van der Waals surface area contributed by atoms with Crippen molar-refractivity contribution in [2.24, 2.45) is 0 Å². The number of aliphatic hydroxyl groups is 1. The van der Waals surface area contributed by atoms with E-state index in [1.807, 2.05) is 45.0 Å². The molecule has 3 N–H and O–H groups in total. The van der Waals surface area contributed by atoms with E-state index in [4.69, 9.17) is 24.0 Å². The number of hydrogen-bond donors (Lipinski definition) is 3. The molecule has 35 heavy (non-hydrogen) atoms. The SMILES string of the molecule is CNCC(O)COc1cccc(-c2nc(NC3CCOCC3F)c(C)c(-c3c(C)noc3C)n2)c1. The highest BCUT2D eigenvalue weighted by Gasteiger charge is 2.28. The number of likely N-dealkylation sites (N-methyl/N-ethyl adjacent to an activating group) is 1. The van der Waals surface area contributed by atoms with Crippen LogP contribution in [-0.4, -0.2) is 72.0 Å². The summed E-state index contributed by atoms with van der Waals surface area (Å²) < 4.78 is 31.0. The monoisotopic (exact) mass is 485 g/mol. The molecule has 1 aromatic carbocycles. The Morgan fingerprint density at radius 1 is 1.26 bits per heavy atom. The molecule has 0 aliphatic carbocycles. The van der Waals surface area contributed by atoms with Crippen molar-refractivity contribution in [3.63, 3.8) is 0 Å². The van der Waals surface area contributed by atoms with Gasteiger partial charge in [0.15, 0.2) is 5.82 Å². The normalized spacial score (nSPS) is 18.9. The van der Waals surface area contributed by atoms with Gasteiger partial charge in [0.25, 0.3) is 0 Å². The molecule has 0 bridgehead atoms. The van der Waals surface area contributed by atoms with Crippen molar-refractivity contribution in [1.29, 1.82) is 0 Å². The molecule has 1 fully saturated rings. The average molecular weight is 486 g/mol. The number of rotatable bonds is 9. The Balaban J connectivity index is 1.73. The van der Waals surface area contributed by atoms with Gasteiger partial charge in [-0.25, -0.2) is 14.4 Å². The number of aryl methyl sites for hydroxylation is 2. The van der Waals surface area contributed by atoms with Crippen molar-refractivity contribution in [3.05, 3.63) is 41.3 Å². The number of nitrogens with one attached hydrogen (secondary N) is 2. The number of hydrogen-bond acceptors (Lipinski definition) is 9. The lowest BCUT2D eigenvalue weighted by Crippen LogP contribution is -2.39. The third-order valence-corrected chi connectivity index (χ3v) is 6.00. The van der Waals surface area contributed by atoms with Crippen molar-refractivity contribution in [2.45, 2.75) is 45.5 Å². The molecular weight excluding hydrogens is 453 g/mol. The maximum Gasteiger partial charge on any atom is 0.162 e. The highest BCUT2D eigenvalue weighted by atomic mass is 19.1. The second kappa shape index (κ2) is 11.1. The summed E-state index contributed by atoms with van der Waals surface area (Å²) in [6, 6.07) is 6.95. The van der Waals surface area contributed by atoms with Crippen molar-refractivity contribution in [2.75, 3.05) is 38.7 Å². The van der Waals surface area contributed by atoms with Gasteiger partial charge >= 0.3 is 0 Å². The average Bonchev–Trinajstić information content (AvgIpc) is 3.18. The highest BCUT2D eigenvalue weighted by Crippen LogP contribution is 2.34. The third-order valence-electron chi connectivity index (χ3n) is 6.00. The maximum absolute atomic E-state index is 14.6. The maximum atomic E-state index is 14.6.